The quantitative estimate of drug-likeness (QED) is 0.373. The molecule has 1 aliphatic carbocycles. The Morgan fingerprint density at radius 3 is 2.89 bits per heavy atom. The van der Waals surface area contributed by atoms with Crippen molar-refractivity contribution in [1.29, 1.82) is 0 Å². The van der Waals surface area contributed by atoms with Crippen molar-refractivity contribution in [2.45, 2.75) is 31.9 Å². The minimum Gasteiger partial charge on any atom is -0.473 e. The molecule has 1 aromatic carbocycles. The molecule has 0 amide bonds. The minimum atomic E-state index is -0.460. The van der Waals surface area contributed by atoms with Crippen LogP contribution in [0.3, 0.4) is 0 Å². The summed E-state index contributed by atoms with van der Waals surface area (Å²) in [6, 6.07) is 13.2. The van der Waals surface area contributed by atoms with E-state index in [1.807, 2.05) is 36.4 Å². The molecule has 178 valence electrons. The Hall–Kier alpha value is -4.01. The molecular weight excluding hydrogens is 449 g/mol. The number of anilines is 1. The van der Waals surface area contributed by atoms with Gasteiger partial charge in [0.15, 0.2) is 5.65 Å². The second-order valence-electron chi connectivity index (χ2n) is 8.88. The van der Waals surface area contributed by atoms with E-state index in [0.717, 1.165) is 30.5 Å². The first-order chi connectivity index (χ1) is 17.1. The summed E-state index contributed by atoms with van der Waals surface area (Å²) >= 11 is 0. The molecule has 6 rings (SSSR count). The van der Waals surface area contributed by atoms with E-state index in [9.17, 15) is 9.18 Å². The number of piperidine rings is 1. The number of carbonyl (C=O) groups excluding carboxylic acids is 1. The van der Waals surface area contributed by atoms with Crippen LogP contribution in [-0.2, 0) is 16.9 Å². The predicted octanol–water partition coefficient (Wildman–Crippen LogP) is 4.14. The normalized spacial score (nSPS) is 20.6. The SMILES string of the molecule is CCOC(=O)c1cnn2ccc(N3CCC4CC43c3cc(F)cnc3OCc3ccccc3)nc12. The Kier molecular flexibility index (Phi) is 5.12. The lowest BCUT2D eigenvalue weighted by molar-refractivity contribution is 0.0528. The number of esters is 1. The summed E-state index contributed by atoms with van der Waals surface area (Å²) in [5, 5.41) is 4.23. The van der Waals surface area contributed by atoms with Crippen LogP contribution in [0.2, 0.25) is 0 Å². The van der Waals surface area contributed by atoms with Crippen LogP contribution in [0.1, 0.15) is 41.3 Å². The number of ether oxygens (including phenoxy) is 2. The molecule has 8 nitrogen and oxygen atoms in total. The summed E-state index contributed by atoms with van der Waals surface area (Å²) < 4.78 is 27.3. The van der Waals surface area contributed by atoms with Gasteiger partial charge < -0.3 is 14.4 Å². The van der Waals surface area contributed by atoms with Crippen molar-refractivity contribution in [3.8, 4) is 5.88 Å². The summed E-state index contributed by atoms with van der Waals surface area (Å²) in [7, 11) is 0. The molecule has 0 spiro atoms. The van der Waals surface area contributed by atoms with Crippen LogP contribution in [0.4, 0.5) is 10.2 Å². The molecule has 4 heterocycles. The Morgan fingerprint density at radius 2 is 2.09 bits per heavy atom. The van der Waals surface area contributed by atoms with Crippen molar-refractivity contribution < 1.29 is 18.7 Å². The van der Waals surface area contributed by atoms with Gasteiger partial charge in [-0.1, -0.05) is 30.3 Å². The topological polar surface area (TPSA) is 81.8 Å². The molecular formula is C26H24FN5O3. The number of hydrogen-bond donors (Lipinski definition) is 0. The zero-order chi connectivity index (χ0) is 24.0. The number of halogens is 1. The van der Waals surface area contributed by atoms with Gasteiger partial charge in [-0.3, -0.25) is 0 Å². The lowest BCUT2D eigenvalue weighted by Gasteiger charge is -2.31. The van der Waals surface area contributed by atoms with E-state index in [4.69, 9.17) is 14.5 Å². The van der Waals surface area contributed by atoms with Gasteiger partial charge in [0.25, 0.3) is 0 Å². The molecule has 2 aliphatic rings. The van der Waals surface area contributed by atoms with Crippen molar-refractivity contribution in [3.63, 3.8) is 0 Å². The van der Waals surface area contributed by atoms with Gasteiger partial charge in [-0.15, -0.1) is 0 Å². The standard InChI is InChI=1S/C26H24FN5O3/c1-2-34-25(33)20-15-29-32-11-9-22(30-23(20)32)31-10-8-18-13-26(18,31)21-12-19(27)14-28-24(21)35-16-17-6-4-3-5-7-17/h3-7,9,11-12,14-15,18H,2,8,10,13,16H2,1H3. The van der Waals surface area contributed by atoms with Gasteiger partial charge in [0.2, 0.25) is 5.88 Å². The molecule has 4 aromatic rings. The van der Waals surface area contributed by atoms with Gasteiger partial charge in [-0.05, 0) is 43.4 Å². The number of hydrogen-bond acceptors (Lipinski definition) is 7. The summed E-state index contributed by atoms with van der Waals surface area (Å²) in [6.07, 6.45) is 6.25. The first kappa shape index (κ1) is 21.5. The fraction of sp³-hybridized carbons (Fsp3) is 0.308. The lowest BCUT2D eigenvalue weighted by Crippen LogP contribution is -2.34. The largest absolute Gasteiger partial charge is 0.473 e. The van der Waals surface area contributed by atoms with Crippen LogP contribution in [0.5, 0.6) is 5.88 Å². The van der Waals surface area contributed by atoms with Gasteiger partial charge in [0, 0.05) is 18.3 Å². The number of aromatic nitrogens is 4. The predicted molar refractivity (Wildman–Crippen MR) is 126 cm³/mol. The summed E-state index contributed by atoms with van der Waals surface area (Å²) in [4.78, 5) is 23.7. The number of benzene rings is 1. The van der Waals surface area contributed by atoms with Crippen molar-refractivity contribution >= 4 is 17.4 Å². The van der Waals surface area contributed by atoms with E-state index in [2.05, 4.69) is 15.0 Å². The minimum absolute atomic E-state index is 0.269. The van der Waals surface area contributed by atoms with E-state index in [0.29, 0.717) is 35.4 Å². The Balaban J connectivity index is 1.37. The molecule has 1 aliphatic heterocycles. The van der Waals surface area contributed by atoms with Crippen LogP contribution in [-0.4, -0.2) is 38.7 Å². The summed E-state index contributed by atoms with van der Waals surface area (Å²) in [5.41, 5.74) is 2.04. The molecule has 2 fully saturated rings. The highest BCUT2D eigenvalue weighted by atomic mass is 19.1. The summed E-state index contributed by atoms with van der Waals surface area (Å²) in [6.45, 7) is 3.13. The van der Waals surface area contributed by atoms with Crippen LogP contribution >= 0.6 is 0 Å². The number of pyridine rings is 1. The highest BCUT2D eigenvalue weighted by molar-refractivity contribution is 5.95. The fourth-order valence-corrected chi connectivity index (χ4v) is 5.21. The maximum Gasteiger partial charge on any atom is 0.343 e. The Morgan fingerprint density at radius 1 is 1.23 bits per heavy atom. The molecule has 0 N–H and O–H groups in total. The molecule has 0 radical (unpaired) electrons. The molecule has 9 heteroatoms. The van der Waals surface area contributed by atoms with Crippen molar-refractivity contribution in [2.75, 3.05) is 18.1 Å². The molecule has 1 saturated carbocycles. The van der Waals surface area contributed by atoms with E-state index in [-0.39, 0.29) is 6.61 Å². The third kappa shape index (κ3) is 3.58. The molecule has 35 heavy (non-hydrogen) atoms. The summed E-state index contributed by atoms with van der Waals surface area (Å²) in [5.74, 6) is 0.614. The van der Waals surface area contributed by atoms with Crippen molar-refractivity contribution in [3.05, 3.63) is 83.6 Å². The first-order valence-corrected chi connectivity index (χ1v) is 11.7. The van der Waals surface area contributed by atoms with Crippen molar-refractivity contribution in [1.82, 2.24) is 19.6 Å². The smallest absolute Gasteiger partial charge is 0.343 e. The molecule has 0 bridgehead atoms. The third-order valence-electron chi connectivity index (χ3n) is 6.88. The van der Waals surface area contributed by atoms with Crippen LogP contribution in [0.15, 0.2) is 61.1 Å². The lowest BCUT2D eigenvalue weighted by atomic mass is 10.0. The second kappa shape index (κ2) is 8.33. The second-order valence-corrected chi connectivity index (χ2v) is 8.88. The molecule has 3 aromatic heterocycles. The van der Waals surface area contributed by atoms with Crippen LogP contribution in [0, 0.1) is 11.7 Å². The number of fused-ring (bicyclic) bond motifs is 2. The van der Waals surface area contributed by atoms with E-state index in [1.165, 1.54) is 18.5 Å². The van der Waals surface area contributed by atoms with E-state index >= 15 is 0 Å². The van der Waals surface area contributed by atoms with Gasteiger partial charge in [0.1, 0.15) is 23.8 Å². The van der Waals surface area contributed by atoms with Gasteiger partial charge in [0.05, 0.1) is 24.5 Å². The maximum atomic E-state index is 14.4. The van der Waals surface area contributed by atoms with Gasteiger partial charge >= 0.3 is 5.97 Å². The van der Waals surface area contributed by atoms with Gasteiger partial charge in [-0.2, -0.15) is 5.10 Å². The molecule has 2 atom stereocenters. The zero-order valence-electron chi connectivity index (χ0n) is 19.2. The van der Waals surface area contributed by atoms with E-state index < -0.39 is 17.3 Å². The Labute approximate surface area is 201 Å². The number of nitrogens with zero attached hydrogens (tertiary/aromatic N) is 5. The fourth-order valence-electron chi connectivity index (χ4n) is 5.21. The zero-order valence-corrected chi connectivity index (χ0v) is 19.2. The molecule has 2 unspecified atom stereocenters. The highest BCUT2D eigenvalue weighted by Crippen LogP contribution is 2.64. The average Bonchev–Trinajstić information content (AvgIpc) is 3.25. The van der Waals surface area contributed by atoms with Crippen LogP contribution < -0.4 is 9.64 Å². The monoisotopic (exact) mass is 473 g/mol. The Bertz CT molecular complexity index is 1410. The average molecular weight is 474 g/mol. The van der Waals surface area contributed by atoms with Gasteiger partial charge in [-0.25, -0.2) is 23.7 Å². The molecule has 1 saturated heterocycles. The van der Waals surface area contributed by atoms with E-state index in [1.54, 1.807) is 17.6 Å². The maximum absolute atomic E-state index is 14.4. The number of rotatable bonds is 7. The third-order valence-corrected chi connectivity index (χ3v) is 6.88. The number of carbonyl (C=O) groups is 1. The van der Waals surface area contributed by atoms with Crippen molar-refractivity contribution in [2.24, 2.45) is 5.92 Å². The van der Waals surface area contributed by atoms with Crippen LogP contribution in [0.25, 0.3) is 5.65 Å². The highest BCUT2D eigenvalue weighted by Gasteiger charge is 2.65. The first-order valence-electron chi connectivity index (χ1n) is 11.7.